The highest BCUT2D eigenvalue weighted by molar-refractivity contribution is 7.80. The second-order valence-corrected chi connectivity index (χ2v) is 3.63. The van der Waals surface area contributed by atoms with Gasteiger partial charge in [0.25, 0.3) is 0 Å². The molecule has 0 saturated heterocycles. The fraction of sp³-hybridized carbons (Fsp3) is 0.364. The van der Waals surface area contributed by atoms with E-state index in [0.29, 0.717) is 11.7 Å². The number of methoxy groups -OCH3 is 2. The van der Waals surface area contributed by atoms with E-state index in [2.05, 4.69) is 5.32 Å². The van der Waals surface area contributed by atoms with Gasteiger partial charge in [0.15, 0.2) is 16.6 Å². The number of hydrogen-bond donors (Lipinski definition) is 2. The van der Waals surface area contributed by atoms with Gasteiger partial charge in [0.05, 0.1) is 14.2 Å². The lowest BCUT2D eigenvalue weighted by atomic mass is 10.1. The molecule has 88 valence electrons. The Morgan fingerprint density at radius 1 is 1.38 bits per heavy atom. The first-order valence-corrected chi connectivity index (χ1v) is 5.33. The van der Waals surface area contributed by atoms with Crippen molar-refractivity contribution < 1.29 is 9.47 Å². The Balaban J connectivity index is 2.74. The third kappa shape index (κ3) is 3.27. The van der Waals surface area contributed by atoms with Crippen LogP contribution in [0, 0.1) is 0 Å². The highest BCUT2D eigenvalue weighted by Gasteiger charge is 2.08. The zero-order chi connectivity index (χ0) is 12.0. The van der Waals surface area contributed by atoms with Crippen LogP contribution in [0.4, 0.5) is 0 Å². The lowest BCUT2D eigenvalue weighted by molar-refractivity contribution is 0.351. The highest BCUT2D eigenvalue weighted by Crippen LogP contribution is 2.30. The van der Waals surface area contributed by atoms with E-state index < -0.39 is 0 Å². The van der Waals surface area contributed by atoms with Crippen molar-refractivity contribution in [2.75, 3.05) is 20.8 Å². The summed E-state index contributed by atoms with van der Waals surface area (Å²) in [6, 6.07) is 5.78. The molecule has 5 heteroatoms. The average molecular weight is 240 g/mol. The van der Waals surface area contributed by atoms with Crippen molar-refractivity contribution in [2.24, 2.45) is 5.73 Å². The van der Waals surface area contributed by atoms with Crippen LogP contribution in [0.15, 0.2) is 18.2 Å². The van der Waals surface area contributed by atoms with Crippen LogP contribution in [-0.2, 0) is 6.42 Å². The molecular weight excluding hydrogens is 224 g/mol. The van der Waals surface area contributed by atoms with Gasteiger partial charge in [-0.05, 0) is 30.3 Å². The molecule has 0 spiro atoms. The van der Waals surface area contributed by atoms with Crippen LogP contribution < -0.4 is 20.5 Å². The van der Waals surface area contributed by atoms with Gasteiger partial charge in [-0.1, -0.05) is 12.1 Å². The minimum atomic E-state index is 0.307. The van der Waals surface area contributed by atoms with Crippen molar-refractivity contribution in [1.29, 1.82) is 0 Å². The minimum Gasteiger partial charge on any atom is -0.493 e. The molecule has 0 aliphatic rings. The van der Waals surface area contributed by atoms with E-state index >= 15 is 0 Å². The molecule has 16 heavy (non-hydrogen) atoms. The molecule has 1 aromatic carbocycles. The predicted molar refractivity (Wildman–Crippen MR) is 68.0 cm³/mol. The number of nitrogens with two attached hydrogens (primary N) is 1. The first-order chi connectivity index (χ1) is 7.69. The largest absolute Gasteiger partial charge is 0.493 e. The van der Waals surface area contributed by atoms with Crippen molar-refractivity contribution in [1.82, 2.24) is 5.32 Å². The first-order valence-electron chi connectivity index (χ1n) is 4.92. The minimum absolute atomic E-state index is 0.307. The summed E-state index contributed by atoms with van der Waals surface area (Å²) in [5, 5.41) is 3.20. The van der Waals surface area contributed by atoms with Gasteiger partial charge in [0, 0.05) is 6.54 Å². The summed E-state index contributed by atoms with van der Waals surface area (Å²) in [6.07, 6.45) is 0.776. The van der Waals surface area contributed by atoms with Crippen molar-refractivity contribution in [2.45, 2.75) is 6.42 Å². The second-order valence-electron chi connectivity index (χ2n) is 3.19. The van der Waals surface area contributed by atoms with Gasteiger partial charge in [-0.2, -0.15) is 0 Å². The predicted octanol–water partition coefficient (Wildman–Crippen LogP) is 1.08. The van der Waals surface area contributed by atoms with Crippen LogP contribution in [0.3, 0.4) is 0 Å². The van der Waals surface area contributed by atoms with Crippen LogP contribution in [0.1, 0.15) is 5.56 Å². The normalized spacial score (nSPS) is 9.62. The molecule has 1 rings (SSSR count). The standard InChI is InChI=1S/C11H16N2O2S/c1-14-9-5-3-4-8(10(9)15-2)6-7-13-11(12)16/h3-5H,6-7H2,1-2H3,(H3,12,13,16). The van der Waals surface area contributed by atoms with E-state index in [1.54, 1.807) is 14.2 Å². The number of thiocarbonyl (C=S) groups is 1. The molecule has 0 aliphatic heterocycles. The maximum atomic E-state index is 5.35. The zero-order valence-corrected chi connectivity index (χ0v) is 10.3. The molecule has 4 nitrogen and oxygen atoms in total. The maximum Gasteiger partial charge on any atom is 0.163 e. The van der Waals surface area contributed by atoms with E-state index in [0.717, 1.165) is 23.5 Å². The molecule has 0 aromatic heterocycles. The molecule has 0 heterocycles. The zero-order valence-electron chi connectivity index (χ0n) is 9.45. The number of rotatable bonds is 5. The molecular formula is C11H16N2O2S. The van der Waals surface area contributed by atoms with Gasteiger partial charge in [-0.3, -0.25) is 0 Å². The van der Waals surface area contributed by atoms with Gasteiger partial charge >= 0.3 is 0 Å². The summed E-state index contributed by atoms with van der Waals surface area (Å²) < 4.78 is 10.5. The third-order valence-corrected chi connectivity index (χ3v) is 2.32. The highest BCUT2D eigenvalue weighted by atomic mass is 32.1. The van der Waals surface area contributed by atoms with Gasteiger partial charge in [-0.15, -0.1) is 0 Å². The Kier molecular flexibility index (Phi) is 4.85. The number of para-hydroxylation sites is 1. The van der Waals surface area contributed by atoms with E-state index in [1.165, 1.54) is 0 Å². The van der Waals surface area contributed by atoms with Crippen LogP contribution in [0.2, 0.25) is 0 Å². The number of ether oxygens (including phenoxy) is 2. The first kappa shape index (κ1) is 12.6. The average Bonchev–Trinajstić information content (AvgIpc) is 2.28. The Hall–Kier alpha value is -1.49. The van der Waals surface area contributed by atoms with E-state index in [1.807, 2.05) is 18.2 Å². The lowest BCUT2D eigenvalue weighted by Gasteiger charge is -2.12. The second kappa shape index (κ2) is 6.17. The molecule has 0 aliphatic carbocycles. The smallest absolute Gasteiger partial charge is 0.163 e. The Morgan fingerprint density at radius 2 is 2.12 bits per heavy atom. The SMILES string of the molecule is COc1cccc(CCNC(N)=S)c1OC. The summed E-state index contributed by atoms with van der Waals surface area (Å²) in [4.78, 5) is 0. The van der Waals surface area contributed by atoms with Gasteiger partial charge in [-0.25, -0.2) is 0 Å². The molecule has 1 aromatic rings. The van der Waals surface area contributed by atoms with Crippen molar-refractivity contribution in [3.63, 3.8) is 0 Å². The Morgan fingerprint density at radius 3 is 2.69 bits per heavy atom. The molecule has 0 amide bonds. The fourth-order valence-electron chi connectivity index (χ4n) is 1.47. The third-order valence-electron chi connectivity index (χ3n) is 2.18. The summed E-state index contributed by atoms with van der Waals surface area (Å²) >= 11 is 4.73. The summed E-state index contributed by atoms with van der Waals surface area (Å²) in [6.45, 7) is 0.679. The molecule has 0 atom stereocenters. The van der Waals surface area contributed by atoms with Crippen LogP contribution in [-0.4, -0.2) is 25.9 Å². The molecule has 0 bridgehead atoms. The molecule has 3 N–H and O–H groups in total. The van der Waals surface area contributed by atoms with Crippen LogP contribution in [0.5, 0.6) is 11.5 Å². The van der Waals surface area contributed by atoms with Crippen molar-refractivity contribution in [3.8, 4) is 11.5 Å². The topological polar surface area (TPSA) is 56.5 Å². The number of benzene rings is 1. The summed E-state index contributed by atoms with van der Waals surface area (Å²) in [5.41, 5.74) is 6.41. The number of hydrogen-bond acceptors (Lipinski definition) is 3. The van der Waals surface area contributed by atoms with Crippen LogP contribution in [0.25, 0.3) is 0 Å². The Labute approximate surface area is 101 Å². The fourth-order valence-corrected chi connectivity index (χ4v) is 1.57. The van der Waals surface area contributed by atoms with Gasteiger partial charge in [0.2, 0.25) is 0 Å². The lowest BCUT2D eigenvalue weighted by Crippen LogP contribution is -2.30. The van der Waals surface area contributed by atoms with E-state index in [4.69, 9.17) is 27.4 Å². The van der Waals surface area contributed by atoms with Crippen LogP contribution >= 0.6 is 12.2 Å². The van der Waals surface area contributed by atoms with E-state index in [9.17, 15) is 0 Å². The van der Waals surface area contributed by atoms with Gasteiger partial charge < -0.3 is 20.5 Å². The van der Waals surface area contributed by atoms with Gasteiger partial charge in [0.1, 0.15) is 0 Å². The summed E-state index contributed by atoms with van der Waals surface area (Å²) in [5.74, 6) is 1.49. The monoisotopic (exact) mass is 240 g/mol. The molecule has 0 unspecified atom stereocenters. The maximum absolute atomic E-state index is 5.35. The van der Waals surface area contributed by atoms with Crippen molar-refractivity contribution in [3.05, 3.63) is 23.8 Å². The Bertz CT molecular complexity index is 369. The number of nitrogens with one attached hydrogen (secondary N) is 1. The van der Waals surface area contributed by atoms with Crippen molar-refractivity contribution >= 4 is 17.3 Å². The molecule has 0 radical (unpaired) electrons. The summed E-state index contributed by atoms with van der Waals surface area (Å²) in [7, 11) is 3.25. The molecule has 0 fully saturated rings. The molecule has 0 saturated carbocycles. The van der Waals surface area contributed by atoms with E-state index in [-0.39, 0.29) is 0 Å². The quantitative estimate of drug-likeness (QED) is 0.754.